The number of pyridine rings is 1. The topological polar surface area (TPSA) is 68.3 Å². The van der Waals surface area contributed by atoms with Crippen molar-refractivity contribution in [3.63, 3.8) is 0 Å². The molecule has 0 amide bonds. The molecule has 0 radical (unpaired) electrons. The van der Waals surface area contributed by atoms with Crippen molar-refractivity contribution in [1.29, 1.82) is 0 Å². The molecule has 1 aromatic rings. The summed E-state index contributed by atoms with van der Waals surface area (Å²) in [6, 6.07) is 2.42. The highest BCUT2D eigenvalue weighted by atomic mass is 16.5. The first-order chi connectivity index (χ1) is 8.56. The van der Waals surface area contributed by atoms with Gasteiger partial charge < -0.3 is 4.74 Å². The predicted octanol–water partition coefficient (Wildman–Crippen LogP) is 1.25. The van der Waals surface area contributed by atoms with Gasteiger partial charge in [-0.15, -0.1) is 0 Å². The molecule has 0 aliphatic heterocycles. The van der Waals surface area contributed by atoms with Crippen LogP contribution >= 0.6 is 0 Å². The van der Waals surface area contributed by atoms with Crippen LogP contribution in [-0.4, -0.2) is 29.4 Å². The Morgan fingerprint density at radius 3 is 2.72 bits per heavy atom. The lowest BCUT2D eigenvalue weighted by Crippen LogP contribution is -2.40. The van der Waals surface area contributed by atoms with E-state index in [9.17, 15) is 9.59 Å². The van der Waals surface area contributed by atoms with Crippen LogP contribution in [0.5, 0.6) is 0 Å². The highest BCUT2D eigenvalue weighted by Crippen LogP contribution is 2.14. The number of carbonyl (C=O) groups is 2. The van der Waals surface area contributed by atoms with E-state index in [0.29, 0.717) is 12.2 Å². The van der Waals surface area contributed by atoms with Crippen molar-refractivity contribution in [3.8, 4) is 0 Å². The number of hydrogen-bond acceptors (Lipinski definition) is 5. The molecule has 5 nitrogen and oxygen atoms in total. The molecule has 1 N–H and O–H groups in total. The number of aromatic nitrogens is 1. The van der Waals surface area contributed by atoms with E-state index in [0.717, 1.165) is 0 Å². The van der Waals surface area contributed by atoms with Crippen LogP contribution < -0.4 is 5.32 Å². The highest BCUT2D eigenvalue weighted by molar-refractivity contribution is 5.83. The molecule has 0 aliphatic carbocycles. The van der Waals surface area contributed by atoms with Crippen LogP contribution in [0.1, 0.15) is 32.4 Å². The number of hydrogen-bond donors (Lipinski definition) is 1. The Morgan fingerprint density at radius 2 is 2.22 bits per heavy atom. The first-order valence-corrected chi connectivity index (χ1v) is 5.89. The summed E-state index contributed by atoms with van der Waals surface area (Å²) in [7, 11) is 0. The van der Waals surface area contributed by atoms with Gasteiger partial charge in [-0.1, -0.05) is 6.07 Å². The van der Waals surface area contributed by atoms with Crippen LogP contribution in [0, 0.1) is 0 Å². The van der Waals surface area contributed by atoms with Crippen molar-refractivity contribution in [2.75, 3.05) is 6.61 Å². The largest absolute Gasteiger partial charge is 0.465 e. The lowest BCUT2D eigenvalue weighted by molar-refractivity contribution is -0.146. The fraction of sp³-hybridized carbons (Fsp3) is 0.462. The maximum atomic E-state index is 11.9. The van der Waals surface area contributed by atoms with Crippen molar-refractivity contribution >= 4 is 11.8 Å². The van der Waals surface area contributed by atoms with Gasteiger partial charge in [0.25, 0.3) is 0 Å². The molecular weight excluding hydrogens is 232 g/mol. The standard InChI is InChI=1S/C13H18N2O3/c1-4-18-13(17)12(15-9(2)10(3)16)11-6-5-7-14-8-11/h5-9,12,15H,4H2,1-3H3. The second-order valence-electron chi connectivity index (χ2n) is 3.97. The van der Waals surface area contributed by atoms with Crippen LogP contribution in [-0.2, 0) is 14.3 Å². The van der Waals surface area contributed by atoms with Crippen LogP contribution in [0.2, 0.25) is 0 Å². The number of Topliss-reactive ketones (excluding diaryl/α,β-unsaturated/α-hetero) is 1. The van der Waals surface area contributed by atoms with Crippen LogP contribution in [0.3, 0.4) is 0 Å². The van der Waals surface area contributed by atoms with Crippen molar-refractivity contribution in [2.24, 2.45) is 0 Å². The number of ether oxygens (including phenoxy) is 1. The highest BCUT2D eigenvalue weighted by Gasteiger charge is 2.24. The molecule has 0 fully saturated rings. The lowest BCUT2D eigenvalue weighted by atomic mass is 10.1. The molecule has 1 rings (SSSR count). The van der Waals surface area contributed by atoms with Gasteiger partial charge in [-0.25, -0.2) is 4.79 Å². The number of carbonyl (C=O) groups excluding carboxylic acids is 2. The maximum Gasteiger partial charge on any atom is 0.327 e. The quantitative estimate of drug-likeness (QED) is 0.770. The van der Waals surface area contributed by atoms with Gasteiger partial charge in [0.2, 0.25) is 0 Å². The fourth-order valence-corrected chi connectivity index (χ4v) is 1.44. The molecule has 2 atom stereocenters. The number of rotatable bonds is 6. The van der Waals surface area contributed by atoms with Gasteiger partial charge in [-0.3, -0.25) is 15.1 Å². The normalized spacial score (nSPS) is 13.7. The number of nitrogens with one attached hydrogen (secondary N) is 1. The Labute approximate surface area is 107 Å². The van der Waals surface area contributed by atoms with Crippen molar-refractivity contribution < 1.29 is 14.3 Å². The zero-order valence-corrected chi connectivity index (χ0v) is 10.8. The summed E-state index contributed by atoms with van der Waals surface area (Å²) in [6.07, 6.45) is 3.21. The Balaban J connectivity index is 2.89. The third-order valence-electron chi connectivity index (χ3n) is 2.57. The van der Waals surface area contributed by atoms with E-state index in [2.05, 4.69) is 10.3 Å². The van der Waals surface area contributed by atoms with Crippen LogP contribution in [0.4, 0.5) is 0 Å². The maximum absolute atomic E-state index is 11.9. The Bertz CT molecular complexity index is 406. The van der Waals surface area contributed by atoms with Gasteiger partial charge in [0.15, 0.2) is 0 Å². The molecule has 0 aromatic carbocycles. The summed E-state index contributed by atoms with van der Waals surface area (Å²) in [5.41, 5.74) is 0.684. The van der Waals surface area contributed by atoms with Crippen LogP contribution in [0.15, 0.2) is 24.5 Å². The molecule has 0 saturated heterocycles. The summed E-state index contributed by atoms with van der Waals surface area (Å²) >= 11 is 0. The van der Waals surface area contributed by atoms with E-state index in [1.54, 1.807) is 38.4 Å². The smallest absolute Gasteiger partial charge is 0.327 e. The summed E-state index contributed by atoms with van der Waals surface area (Å²) in [5, 5.41) is 2.95. The molecule has 0 spiro atoms. The minimum atomic E-state index is -0.669. The van der Waals surface area contributed by atoms with Crippen molar-refractivity contribution in [3.05, 3.63) is 30.1 Å². The summed E-state index contributed by atoms with van der Waals surface area (Å²) in [6.45, 7) is 5.23. The third kappa shape index (κ3) is 3.92. The molecule has 18 heavy (non-hydrogen) atoms. The molecule has 98 valence electrons. The summed E-state index contributed by atoms with van der Waals surface area (Å²) in [5.74, 6) is -0.438. The molecule has 1 aromatic heterocycles. The average molecular weight is 250 g/mol. The Kier molecular flexibility index (Phi) is 5.45. The molecule has 0 aliphatic rings. The van der Waals surface area contributed by atoms with E-state index in [-0.39, 0.29) is 5.78 Å². The SMILES string of the molecule is CCOC(=O)C(NC(C)C(C)=O)c1cccnc1. The van der Waals surface area contributed by atoms with Gasteiger partial charge in [0.1, 0.15) is 11.8 Å². The first-order valence-electron chi connectivity index (χ1n) is 5.89. The minimum Gasteiger partial charge on any atom is -0.465 e. The third-order valence-corrected chi connectivity index (χ3v) is 2.57. The van der Waals surface area contributed by atoms with E-state index < -0.39 is 18.1 Å². The minimum absolute atomic E-state index is 0.0341. The van der Waals surface area contributed by atoms with Gasteiger partial charge in [0.05, 0.1) is 12.6 Å². The Hall–Kier alpha value is -1.75. The second-order valence-corrected chi connectivity index (χ2v) is 3.97. The van der Waals surface area contributed by atoms with E-state index >= 15 is 0 Å². The summed E-state index contributed by atoms with van der Waals surface area (Å²) < 4.78 is 5.00. The molecule has 0 bridgehead atoms. The van der Waals surface area contributed by atoms with E-state index in [4.69, 9.17) is 4.74 Å². The van der Waals surface area contributed by atoms with Gasteiger partial charge in [-0.05, 0) is 32.4 Å². The first kappa shape index (κ1) is 14.3. The lowest BCUT2D eigenvalue weighted by Gasteiger charge is -2.20. The second kappa shape index (κ2) is 6.86. The zero-order valence-electron chi connectivity index (χ0n) is 10.8. The molecular formula is C13H18N2O3. The van der Waals surface area contributed by atoms with E-state index in [1.807, 2.05) is 0 Å². The monoisotopic (exact) mass is 250 g/mol. The van der Waals surface area contributed by atoms with Gasteiger partial charge >= 0.3 is 5.97 Å². The zero-order chi connectivity index (χ0) is 13.5. The summed E-state index contributed by atoms with van der Waals surface area (Å²) in [4.78, 5) is 27.1. The van der Waals surface area contributed by atoms with Crippen molar-refractivity contribution in [2.45, 2.75) is 32.9 Å². The van der Waals surface area contributed by atoms with Crippen molar-refractivity contribution in [1.82, 2.24) is 10.3 Å². The predicted molar refractivity (Wildman–Crippen MR) is 66.9 cm³/mol. The number of ketones is 1. The molecule has 1 heterocycles. The van der Waals surface area contributed by atoms with Crippen LogP contribution in [0.25, 0.3) is 0 Å². The average Bonchev–Trinajstić information content (AvgIpc) is 2.36. The number of esters is 1. The Morgan fingerprint density at radius 1 is 1.50 bits per heavy atom. The molecule has 0 saturated carbocycles. The molecule has 2 unspecified atom stereocenters. The fourth-order valence-electron chi connectivity index (χ4n) is 1.44. The number of nitrogens with zero attached hydrogens (tertiary/aromatic N) is 1. The van der Waals surface area contributed by atoms with Gasteiger partial charge in [0, 0.05) is 12.4 Å². The van der Waals surface area contributed by atoms with Gasteiger partial charge in [-0.2, -0.15) is 0 Å². The van der Waals surface area contributed by atoms with E-state index in [1.165, 1.54) is 6.92 Å². The molecule has 5 heteroatoms.